The summed E-state index contributed by atoms with van der Waals surface area (Å²) in [5, 5.41) is 3.06. The summed E-state index contributed by atoms with van der Waals surface area (Å²) in [5.41, 5.74) is 5.92. The first-order valence-electron chi connectivity index (χ1n) is 7.49. The predicted molar refractivity (Wildman–Crippen MR) is 78.5 cm³/mol. The van der Waals surface area contributed by atoms with Gasteiger partial charge in [-0.05, 0) is 32.1 Å². The van der Waals surface area contributed by atoms with Crippen LogP contribution in [0.3, 0.4) is 0 Å². The van der Waals surface area contributed by atoms with Crippen molar-refractivity contribution in [3.63, 3.8) is 0 Å². The maximum absolute atomic E-state index is 12.2. The summed E-state index contributed by atoms with van der Waals surface area (Å²) in [6, 6.07) is 0.633. The van der Waals surface area contributed by atoms with Gasteiger partial charge in [0.15, 0.2) is 0 Å². The number of nitrogens with two attached hydrogens (primary N) is 1. The third-order valence-electron chi connectivity index (χ3n) is 4.58. The van der Waals surface area contributed by atoms with Crippen molar-refractivity contribution in [2.75, 3.05) is 6.54 Å². The summed E-state index contributed by atoms with van der Waals surface area (Å²) in [6.45, 7) is 0.702. The summed E-state index contributed by atoms with van der Waals surface area (Å²) in [7, 11) is 0. The third-order valence-corrected chi connectivity index (χ3v) is 4.58. The number of carbonyl (C=O) groups excluding carboxylic acids is 2. The Bertz CT molecular complexity index is 387. The Hall–Kier alpha value is -0.810. The molecule has 3 atom stereocenters. The maximum Gasteiger partial charge on any atom is 0.225 e. The summed E-state index contributed by atoms with van der Waals surface area (Å²) < 4.78 is 0. The molecule has 0 aromatic heterocycles. The molecule has 6 heteroatoms. The molecule has 1 saturated heterocycles. The van der Waals surface area contributed by atoms with E-state index < -0.39 is 0 Å². The average Bonchev–Trinajstić information content (AvgIpc) is 3.14. The first-order valence-corrected chi connectivity index (χ1v) is 7.49. The van der Waals surface area contributed by atoms with E-state index in [2.05, 4.69) is 5.32 Å². The van der Waals surface area contributed by atoms with Crippen LogP contribution in [-0.4, -0.2) is 41.4 Å². The normalized spacial score (nSPS) is 33.8. The van der Waals surface area contributed by atoms with Gasteiger partial charge in [0.2, 0.25) is 11.8 Å². The largest absolute Gasteiger partial charge is 0.351 e. The zero-order valence-electron chi connectivity index (χ0n) is 11.7. The van der Waals surface area contributed by atoms with E-state index in [1.165, 1.54) is 0 Å². The van der Waals surface area contributed by atoms with Gasteiger partial charge in [0.1, 0.15) is 0 Å². The molecule has 1 heterocycles. The number of halogens is 1. The fraction of sp³-hybridized carbons (Fsp3) is 0.857. The molecule has 3 aliphatic rings. The number of nitrogens with one attached hydrogen (secondary N) is 1. The lowest BCUT2D eigenvalue weighted by Crippen LogP contribution is -2.43. The third kappa shape index (κ3) is 3.44. The van der Waals surface area contributed by atoms with Crippen LogP contribution in [0, 0.1) is 5.92 Å². The highest BCUT2D eigenvalue weighted by Gasteiger charge is 2.40. The number of rotatable bonds is 3. The lowest BCUT2D eigenvalue weighted by Gasteiger charge is -2.26. The van der Waals surface area contributed by atoms with E-state index in [0.717, 1.165) is 38.5 Å². The van der Waals surface area contributed by atoms with E-state index >= 15 is 0 Å². The SMILES string of the molecule is Cl.NC1CCCC(C(=O)NC2CC(=O)N(C3CC3)C2)C1. The minimum absolute atomic E-state index is 0. The van der Waals surface area contributed by atoms with Crippen LogP contribution in [0.5, 0.6) is 0 Å². The molecular formula is C14H24ClN3O2. The number of hydrogen-bond donors (Lipinski definition) is 2. The smallest absolute Gasteiger partial charge is 0.225 e. The van der Waals surface area contributed by atoms with Crippen molar-refractivity contribution in [2.45, 2.75) is 63.1 Å². The Morgan fingerprint density at radius 1 is 1.25 bits per heavy atom. The summed E-state index contributed by atoms with van der Waals surface area (Å²) in [5.74, 6) is 0.354. The second-order valence-corrected chi connectivity index (χ2v) is 6.31. The van der Waals surface area contributed by atoms with Gasteiger partial charge in [-0.2, -0.15) is 0 Å². The molecule has 0 spiro atoms. The molecule has 3 unspecified atom stereocenters. The van der Waals surface area contributed by atoms with Crippen LogP contribution in [-0.2, 0) is 9.59 Å². The van der Waals surface area contributed by atoms with Gasteiger partial charge in [-0.15, -0.1) is 12.4 Å². The van der Waals surface area contributed by atoms with E-state index in [0.29, 0.717) is 19.0 Å². The van der Waals surface area contributed by atoms with Crippen molar-refractivity contribution in [3.8, 4) is 0 Å². The van der Waals surface area contributed by atoms with E-state index in [1.54, 1.807) is 0 Å². The number of likely N-dealkylation sites (tertiary alicyclic amines) is 1. The zero-order valence-corrected chi connectivity index (χ0v) is 12.5. The fourth-order valence-corrected chi connectivity index (χ4v) is 3.35. The molecular weight excluding hydrogens is 278 g/mol. The predicted octanol–water partition coefficient (Wildman–Crippen LogP) is 0.805. The minimum Gasteiger partial charge on any atom is -0.351 e. The van der Waals surface area contributed by atoms with Gasteiger partial charge in [-0.25, -0.2) is 0 Å². The van der Waals surface area contributed by atoms with Crippen LogP contribution in [0.25, 0.3) is 0 Å². The summed E-state index contributed by atoms with van der Waals surface area (Å²) in [6.07, 6.45) is 6.53. The minimum atomic E-state index is 0. The van der Waals surface area contributed by atoms with Gasteiger partial charge in [-0.1, -0.05) is 6.42 Å². The van der Waals surface area contributed by atoms with Crippen LogP contribution in [0.1, 0.15) is 44.9 Å². The second-order valence-electron chi connectivity index (χ2n) is 6.31. The van der Waals surface area contributed by atoms with E-state index in [1.807, 2.05) is 4.90 Å². The van der Waals surface area contributed by atoms with Crippen LogP contribution in [0.15, 0.2) is 0 Å². The van der Waals surface area contributed by atoms with Crippen molar-refractivity contribution < 1.29 is 9.59 Å². The first-order chi connectivity index (χ1) is 9.13. The Morgan fingerprint density at radius 2 is 2.00 bits per heavy atom. The molecule has 3 rings (SSSR count). The number of amides is 2. The topological polar surface area (TPSA) is 75.4 Å². The molecule has 5 nitrogen and oxygen atoms in total. The monoisotopic (exact) mass is 301 g/mol. The molecule has 0 radical (unpaired) electrons. The van der Waals surface area contributed by atoms with Crippen LogP contribution < -0.4 is 11.1 Å². The highest BCUT2D eigenvalue weighted by Crippen LogP contribution is 2.31. The van der Waals surface area contributed by atoms with Gasteiger partial charge in [-0.3, -0.25) is 9.59 Å². The van der Waals surface area contributed by atoms with Crippen LogP contribution >= 0.6 is 12.4 Å². The van der Waals surface area contributed by atoms with Gasteiger partial charge in [0.05, 0.1) is 6.04 Å². The molecule has 2 aliphatic carbocycles. The molecule has 0 bridgehead atoms. The molecule has 20 heavy (non-hydrogen) atoms. The Kier molecular flexibility index (Phi) is 4.91. The van der Waals surface area contributed by atoms with Gasteiger partial charge >= 0.3 is 0 Å². The Labute approximate surface area is 126 Å². The quantitative estimate of drug-likeness (QED) is 0.810. The first kappa shape index (κ1) is 15.6. The molecule has 2 saturated carbocycles. The van der Waals surface area contributed by atoms with Gasteiger partial charge in [0, 0.05) is 31.0 Å². The highest BCUT2D eigenvalue weighted by atomic mass is 35.5. The number of carbonyl (C=O) groups is 2. The van der Waals surface area contributed by atoms with Crippen molar-refractivity contribution >= 4 is 24.2 Å². The van der Waals surface area contributed by atoms with Gasteiger partial charge in [0.25, 0.3) is 0 Å². The summed E-state index contributed by atoms with van der Waals surface area (Å²) in [4.78, 5) is 26.0. The van der Waals surface area contributed by atoms with Crippen molar-refractivity contribution in [2.24, 2.45) is 11.7 Å². The van der Waals surface area contributed by atoms with E-state index in [9.17, 15) is 9.59 Å². The van der Waals surface area contributed by atoms with Crippen molar-refractivity contribution in [3.05, 3.63) is 0 Å². The Balaban J connectivity index is 0.00000147. The second kappa shape index (κ2) is 6.31. The standard InChI is InChI=1S/C14H23N3O2.ClH/c15-10-3-1-2-9(6-10)14(19)16-11-7-13(18)17(8-11)12-4-5-12;/h9-12H,1-8,15H2,(H,16,19);1H. The molecule has 0 aromatic rings. The van der Waals surface area contributed by atoms with E-state index in [4.69, 9.17) is 5.73 Å². The molecule has 1 aliphatic heterocycles. The van der Waals surface area contributed by atoms with Gasteiger partial charge < -0.3 is 16.0 Å². The van der Waals surface area contributed by atoms with Crippen molar-refractivity contribution in [1.82, 2.24) is 10.2 Å². The van der Waals surface area contributed by atoms with E-state index in [-0.39, 0.29) is 42.2 Å². The molecule has 3 N–H and O–H groups in total. The number of nitrogens with zero attached hydrogens (tertiary/aromatic N) is 1. The molecule has 3 fully saturated rings. The van der Waals surface area contributed by atoms with Crippen LogP contribution in [0.2, 0.25) is 0 Å². The highest BCUT2D eigenvalue weighted by molar-refractivity contribution is 5.85. The Morgan fingerprint density at radius 3 is 2.65 bits per heavy atom. The maximum atomic E-state index is 12.2. The number of hydrogen-bond acceptors (Lipinski definition) is 3. The lowest BCUT2D eigenvalue weighted by molar-refractivity contribution is -0.128. The zero-order chi connectivity index (χ0) is 13.4. The average molecular weight is 302 g/mol. The molecule has 2 amide bonds. The molecule has 114 valence electrons. The van der Waals surface area contributed by atoms with Crippen LogP contribution in [0.4, 0.5) is 0 Å². The molecule has 0 aromatic carbocycles. The summed E-state index contributed by atoms with van der Waals surface area (Å²) >= 11 is 0. The van der Waals surface area contributed by atoms with Crippen molar-refractivity contribution in [1.29, 1.82) is 0 Å². The fourth-order valence-electron chi connectivity index (χ4n) is 3.35. The lowest BCUT2D eigenvalue weighted by atomic mass is 9.85.